The van der Waals surface area contributed by atoms with Crippen LogP contribution in [-0.4, -0.2) is 19.5 Å². The standard InChI is InChI=1S/C15H19F3O4S/c1-6-11-9-12(21-14(3,4)5)7-8-13(11)10(2)22-23(19,20)15(16,17)18/h7-9H,2,6H2,1,3-5H3. The maximum atomic E-state index is 12.4. The molecule has 8 heteroatoms. The van der Waals surface area contributed by atoms with Crippen molar-refractivity contribution in [3.05, 3.63) is 35.9 Å². The number of alkyl halides is 3. The van der Waals surface area contributed by atoms with Crippen molar-refractivity contribution in [1.82, 2.24) is 0 Å². The van der Waals surface area contributed by atoms with Crippen molar-refractivity contribution in [2.45, 2.75) is 45.2 Å². The third-order valence-electron chi connectivity index (χ3n) is 2.68. The van der Waals surface area contributed by atoms with Crippen LogP contribution >= 0.6 is 0 Å². The first-order valence-electron chi connectivity index (χ1n) is 6.79. The fourth-order valence-electron chi connectivity index (χ4n) is 1.78. The van der Waals surface area contributed by atoms with E-state index in [1.165, 1.54) is 12.1 Å². The Balaban J connectivity index is 3.12. The monoisotopic (exact) mass is 352 g/mol. The van der Waals surface area contributed by atoms with Crippen molar-refractivity contribution < 1.29 is 30.5 Å². The van der Waals surface area contributed by atoms with Crippen molar-refractivity contribution in [2.24, 2.45) is 0 Å². The minimum absolute atomic E-state index is 0.182. The molecule has 1 aromatic rings. The maximum absolute atomic E-state index is 12.4. The molecule has 0 atom stereocenters. The van der Waals surface area contributed by atoms with Crippen LogP contribution in [0.1, 0.15) is 38.8 Å². The van der Waals surface area contributed by atoms with Crippen LogP contribution in [0.2, 0.25) is 0 Å². The number of hydrogen-bond acceptors (Lipinski definition) is 4. The Kier molecular flexibility index (Phi) is 5.41. The van der Waals surface area contributed by atoms with Gasteiger partial charge in [0.2, 0.25) is 0 Å². The second-order valence-corrected chi connectivity index (χ2v) is 7.33. The number of aryl methyl sites for hydroxylation is 1. The Morgan fingerprint density at radius 2 is 1.78 bits per heavy atom. The van der Waals surface area contributed by atoms with E-state index in [1.807, 2.05) is 20.8 Å². The first-order valence-corrected chi connectivity index (χ1v) is 8.19. The highest BCUT2D eigenvalue weighted by Crippen LogP contribution is 2.32. The lowest BCUT2D eigenvalue weighted by Crippen LogP contribution is -2.25. The van der Waals surface area contributed by atoms with Gasteiger partial charge in [0, 0.05) is 5.56 Å². The zero-order valence-electron chi connectivity index (χ0n) is 13.3. The highest BCUT2D eigenvalue weighted by Gasteiger charge is 2.48. The summed E-state index contributed by atoms with van der Waals surface area (Å²) in [5, 5.41) is 0. The molecular weight excluding hydrogens is 333 g/mol. The van der Waals surface area contributed by atoms with Crippen LogP contribution < -0.4 is 4.74 Å². The van der Waals surface area contributed by atoms with E-state index < -0.39 is 27.0 Å². The normalized spacial score (nSPS) is 12.8. The summed E-state index contributed by atoms with van der Waals surface area (Å²) in [7, 11) is -5.74. The van der Waals surface area contributed by atoms with Crippen LogP contribution in [0.3, 0.4) is 0 Å². The van der Waals surface area contributed by atoms with Gasteiger partial charge in [-0.15, -0.1) is 0 Å². The van der Waals surface area contributed by atoms with Crippen LogP contribution in [0.25, 0.3) is 5.76 Å². The minimum atomic E-state index is -5.74. The number of hydrogen-bond donors (Lipinski definition) is 0. The first-order chi connectivity index (χ1) is 10.3. The maximum Gasteiger partial charge on any atom is 0.534 e. The summed E-state index contributed by atoms with van der Waals surface area (Å²) < 4.78 is 69.0. The molecule has 4 nitrogen and oxygen atoms in total. The average molecular weight is 352 g/mol. The fraction of sp³-hybridized carbons (Fsp3) is 0.467. The Morgan fingerprint density at radius 1 is 1.22 bits per heavy atom. The van der Waals surface area contributed by atoms with Crippen molar-refractivity contribution in [2.75, 3.05) is 0 Å². The third kappa shape index (κ3) is 5.16. The molecule has 0 aliphatic heterocycles. The molecule has 0 fully saturated rings. The van der Waals surface area contributed by atoms with Gasteiger partial charge in [-0.05, 0) is 51.0 Å². The van der Waals surface area contributed by atoms with Crippen LogP contribution in [-0.2, 0) is 20.7 Å². The summed E-state index contributed by atoms with van der Waals surface area (Å²) in [6.07, 6.45) is 0.436. The number of halogens is 3. The molecule has 0 bridgehead atoms. The molecule has 0 saturated heterocycles. The van der Waals surface area contributed by atoms with E-state index in [0.717, 1.165) is 0 Å². The van der Waals surface area contributed by atoms with E-state index in [9.17, 15) is 21.6 Å². The van der Waals surface area contributed by atoms with Crippen molar-refractivity contribution in [3.63, 3.8) is 0 Å². The van der Waals surface area contributed by atoms with E-state index >= 15 is 0 Å². The Hall–Kier alpha value is -1.70. The van der Waals surface area contributed by atoms with E-state index in [0.29, 0.717) is 17.7 Å². The quantitative estimate of drug-likeness (QED) is 0.451. The highest BCUT2D eigenvalue weighted by molar-refractivity contribution is 7.87. The molecule has 130 valence electrons. The number of ether oxygens (including phenoxy) is 1. The van der Waals surface area contributed by atoms with Crippen molar-refractivity contribution in [3.8, 4) is 5.75 Å². The second kappa shape index (κ2) is 6.43. The Morgan fingerprint density at radius 3 is 2.22 bits per heavy atom. The topological polar surface area (TPSA) is 52.6 Å². The molecule has 0 spiro atoms. The molecule has 23 heavy (non-hydrogen) atoms. The molecule has 1 rings (SSSR count). The summed E-state index contributed by atoms with van der Waals surface area (Å²) in [6.45, 7) is 10.6. The summed E-state index contributed by atoms with van der Waals surface area (Å²) in [4.78, 5) is 0. The lowest BCUT2D eigenvalue weighted by molar-refractivity contribution is -0.0509. The van der Waals surface area contributed by atoms with E-state index in [4.69, 9.17) is 4.74 Å². The van der Waals surface area contributed by atoms with Crippen molar-refractivity contribution >= 4 is 15.9 Å². The Bertz CT molecular complexity index is 686. The smallest absolute Gasteiger partial charge is 0.488 e. The van der Waals surface area contributed by atoms with Gasteiger partial charge in [-0.3, -0.25) is 0 Å². The summed E-state index contributed by atoms with van der Waals surface area (Å²) >= 11 is 0. The lowest BCUT2D eigenvalue weighted by Gasteiger charge is -2.22. The molecule has 0 N–H and O–H groups in total. The highest BCUT2D eigenvalue weighted by atomic mass is 32.2. The minimum Gasteiger partial charge on any atom is -0.488 e. The van der Waals surface area contributed by atoms with Gasteiger partial charge in [0.15, 0.2) is 0 Å². The zero-order chi connectivity index (χ0) is 18.1. The van der Waals surface area contributed by atoms with Gasteiger partial charge in [0.25, 0.3) is 0 Å². The fourth-order valence-corrected chi connectivity index (χ4v) is 2.23. The molecule has 0 aliphatic carbocycles. The second-order valence-electron chi connectivity index (χ2n) is 5.79. The largest absolute Gasteiger partial charge is 0.534 e. The lowest BCUT2D eigenvalue weighted by atomic mass is 10.0. The van der Waals surface area contributed by atoms with Gasteiger partial charge >= 0.3 is 15.6 Å². The molecular formula is C15H19F3O4S. The molecule has 0 heterocycles. The van der Waals surface area contributed by atoms with Gasteiger partial charge in [-0.1, -0.05) is 13.5 Å². The summed E-state index contributed by atoms with van der Waals surface area (Å²) in [5.41, 5.74) is -5.20. The molecule has 0 aromatic heterocycles. The van der Waals surface area contributed by atoms with Gasteiger partial charge in [0.1, 0.15) is 17.1 Å². The van der Waals surface area contributed by atoms with E-state index in [1.54, 1.807) is 13.0 Å². The third-order valence-corrected chi connectivity index (χ3v) is 3.66. The summed E-state index contributed by atoms with van der Waals surface area (Å²) in [5.74, 6) is -0.0638. The molecule has 0 saturated carbocycles. The Labute approximate surface area is 134 Å². The predicted molar refractivity (Wildman–Crippen MR) is 81.3 cm³/mol. The molecule has 0 radical (unpaired) electrons. The van der Waals surface area contributed by atoms with Crippen LogP contribution in [0.4, 0.5) is 13.2 Å². The van der Waals surface area contributed by atoms with Gasteiger partial charge < -0.3 is 8.92 Å². The van der Waals surface area contributed by atoms with E-state index in [-0.39, 0.29) is 5.56 Å². The summed E-state index contributed by atoms with van der Waals surface area (Å²) in [6, 6.07) is 4.57. The van der Waals surface area contributed by atoms with Crippen molar-refractivity contribution in [1.29, 1.82) is 0 Å². The van der Waals surface area contributed by atoms with Gasteiger partial charge in [-0.2, -0.15) is 21.6 Å². The number of rotatable bonds is 5. The van der Waals surface area contributed by atoms with Crippen LogP contribution in [0.15, 0.2) is 24.8 Å². The molecule has 1 aromatic carbocycles. The predicted octanol–water partition coefficient (Wildman–Crippen LogP) is 4.26. The zero-order valence-corrected chi connectivity index (χ0v) is 14.1. The molecule has 0 amide bonds. The molecule has 0 aliphatic rings. The van der Waals surface area contributed by atoms with Crippen LogP contribution in [0, 0.1) is 0 Å². The SMILES string of the molecule is C=C(OS(=O)(=O)C(F)(F)F)c1ccc(OC(C)(C)C)cc1CC. The van der Waals surface area contributed by atoms with Crippen LogP contribution in [0.5, 0.6) is 5.75 Å². The van der Waals surface area contributed by atoms with Gasteiger partial charge in [-0.25, -0.2) is 0 Å². The first kappa shape index (κ1) is 19.3. The van der Waals surface area contributed by atoms with Gasteiger partial charge in [0.05, 0.1) is 0 Å². The van der Waals surface area contributed by atoms with E-state index in [2.05, 4.69) is 10.8 Å². The molecule has 0 unspecified atom stereocenters. The average Bonchev–Trinajstić information content (AvgIpc) is 2.34. The number of benzene rings is 1.